The molecule has 1 atom stereocenters. The van der Waals surface area contributed by atoms with E-state index in [2.05, 4.69) is 115 Å². The molecule has 174 valence electrons. The van der Waals surface area contributed by atoms with E-state index in [-0.39, 0.29) is 0 Å². The van der Waals surface area contributed by atoms with E-state index in [4.69, 9.17) is 4.99 Å². The number of hydrogen-bond donors (Lipinski definition) is 0. The van der Waals surface area contributed by atoms with Crippen molar-refractivity contribution in [3.8, 4) is 0 Å². The van der Waals surface area contributed by atoms with Gasteiger partial charge in [-0.15, -0.1) is 0 Å². The van der Waals surface area contributed by atoms with Crippen LogP contribution < -0.4 is 0 Å². The molecule has 33 heavy (non-hydrogen) atoms. The first-order valence-corrected chi connectivity index (χ1v) is 14.0. The van der Waals surface area contributed by atoms with Crippen LogP contribution in [0.3, 0.4) is 0 Å². The lowest BCUT2D eigenvalue weighted by Crippen LogP contribution is -2.09. The topological polar surface area (TPSA) is 12.4 Å². The summed E-state index contributed by atoms with van der Waals surface area (Å²) in [5.41, 5.74) is 11.2. The van der Waals surface area contributed by atoms with Crippen molar-refractivity contribution < 1.29 is 0 Å². The van der Waals surface area contributed by atoms with E-state index in [1.165, 1.54) is 48.9 Å². The van der Waals surface area contributed by atoms with Crippen molar-refractivity contribution in [3.05, 3.63) is 111 Å². The van der Waals surface area contributed by atoms with Gasteiger partial charge in [-0.1, -0.05) is 67.5 Å². The van der Waals surface area contributed by atoms with Gasteiger partial charge >= 0.3 is 0 Å². The van der Waals surface area contributed by atoms with Crippen molar-refractivity contribution in [1.29, 1.82) is 0 Å². The molecule has 2 aromatic rings. The maximum atomic E-state index is 5.29. The average molecular weight is 458 g/mol. The molecule has 1 unspecified atom stereocenters. The molecule has 1 heterocycles. The van der Waals surface area contributed by atoms with Crippen molar-refractivity contribution in [2.45, 2.75) is 66.2 Å². The van der Waals surface area contributed by atoms with E-state index in [9.17, 15) is 0 Å². The second kappa shape index (κ2) is 10.1. The van der Waals surface area contributed by atoms with Crippen LogP contribution in [0.4, 0.5) is 0 Å². The summed E-state index contributed by atoms with van der Waals surface area (Å²) in [6.07, 6.45) is 6.75. The van der Waals surface area contributed by atoms with E-state index in [1.54, 1.807) is 0 Å². The molecule has 2 heteroatoms. The number of benzene rings is 2. The number of aryl methyl sites for hydroxylation is 3. The maximum Gasteiger partial charge on any atom is 0.0943 e. The zero-order valence-corrected chi connectivity index (χ0v) is 22.5. The molecule has 0 amide bonds. The average Bonchev–Trinajstić information content (AvgIpc) is 3.15. The highest BCUT2D eigenvalue weighted by molar-refractivity contribution is 8.47. The Bertz CT molecular complexity index is 1160. The summed E-state index contributed by atoms with van der Waals surface area (Å²) in [4.78, 5) is 6.70. The Balaban J connectivity index is 2.23. The van der Waals surface area contributed by atoms with Crippen LogP contribution in [0.25, 0.3) is 0 Å². The quantitative estimate of drug-likeness (QED) is 0.368. The van der Waals surface area contributed by atoms with E-state index < -0.39 is 10.0 Å². The van der Waals surface area contributed by atoms with Crippen LogP contribution in [0.2, 0.25) is 0 Å². The highest BCUT2D eigenvalue weighted by Gasteiger charge is 2.32. The molecule has 0 spiro atoms. The van der Waals surface area contributed by atoms with Gasteiger partial charge in [0.05, 0.1) is 10.7 Å². The van der Waals surface area contributed by atoms with E-state index in [0.29, 0.717) is 0 Å². The van der Waals surface area contributed by atoms with Gasteiger partial charge in [0, 0.05) is 5.56 Å². The zero-order chi connectivity index (χ0) is 24.3. The van der Waals surface area contributed by atoms with Crippen molar-refractivity contribution in [1.82, 2.24) is 0 Å². The van der Waals surface area contributed by atoms with Gasteiger partial charge in [0.15, 0.2) is 0 Å². The lowest BCUT2D eigenvalue weighted by molar-refractivity contribution is 1.06. The Morgan fingerprint density at radius 3 is 2.00 bits per heavy atom. The van der Waals surface area contributed by atoms with Gasteiger partial charge < -0.3 is 0 Å². The first kappa shape index (κ1) is 25.1. The predicted molar refractivity (Wildman–Crippen MR) is 150 cm³/mol. The van der Waals surface area contributed by atoms with Crippen LogP contribution in [0.15, 0.2) is 98.4 Å². The summed E-state index contributed by atoms with van der Waals surface area (Å²) in [5.74, 6) is 0. The third kappa shape index (κ3) is 5.33. The molecule has 1 aliphatic rings. The molecule has 0 saturated heterocycles. The van der Waals surface area contributed by atoms with Crippen molar-refractivity contribution in [2.24, 2.45) is 4.99 Å². The number of nitrogens with zero attached hydrogens (tertiary/aromatic N) is 1. The summed E-state index contributed by atoms with van der Waals surface area (Å²) in [5, 5.41) is 3.65. The number of allylic oxidation sites excluding steroid dienone is 5. The van der Waals surface area contributed by atoms with Crippen molar-refractivity contribution >= 4 is 15.1 Å². The van der Waals surface area contributed by atoms with Gasteiger partial charge in [0.2, 0.25) is 0 Å². The third-order valence-corrected chi connectivity index (χ3v) is 9.41. The first-order valence-electron chi connectivity index (χ1n) is 11.9. The summed E-state index contributed by atoms with van der Waals surface area (Å²) < 4.78 is 0. The van der Waals surface area contributed by atoms with Gasteiger partial charge in [-0.25, -0.2) is 4.99 Å². The number of rotatable bonds is 7. The molecular weight excluding hydrogens is 418 g/mol. The molecule has 1 aliphatic heterocycles. The second-order valence-electron chi connectivity index (χ2n) is 9.48. The van der Waals surface area contributed by atoms with Gasteiger partial charge in [-0.2, -0.15) is 10.0 Å². The summed E-state index contributed by atoms with van der Waals surface area (Å²) >= 11 is 0. The molecule has 0 saturated carbocycles. The molecular formula is C31H39NS. The molecule has 3 rings (SSSR count). The Hall–Kier alpha value is -2.58. The van der Waals surface area contributed by atoms with E-state index in [1.807, 2.05) is 0 Å². The zero-order valence-electron chi connectivity index (χ0n) is 21.7. The second-order valence-corrected chi connectivity index (χ2v) is 12.5. The largest absolute Gasteiger partial charge is 0.242 e. The fourth-order valence-electron chi connectivity index (χ4n) is 4.24. The van der Waals surface area contributed by atoms with Crippen LogP contribution in [0.5, 0.6) is 0 Å². The van der Waals surface area contributed by atoms with Crippen LogP contribution in [-0.2, 0) is 12.8 Å². The lowest BCUT2D eigenvalue weighted by Gasteiger charge is -2.32. The van der Waals surface area contributed by atoms with E-state index in [0.717, 1.165) is 24.1 Å². The number of aliphatic imine (C=N–C) groups is 1. The molecule has 0 bridgehead atoms. The third-order valence-electron chi connectivity index (χ3n) is 6.37. The van der Waals surface area contributed by atoms with E-state index >= 15 is 0 Å². The number of hydrogen-bond acceptors (Lipinski definition) is 1. The summed E-state index contributed by atoms with van der Waals surface area (Å²) in [7, 11) is -1.42. The monoisotopic (exact) mass is 457 g/mol. The normalized spacial score (nSPS) is 20.1. The smallest absolute Gasteiger partial charge is 0.0943 e. The lowest BCUT2D eigenvalue weighted by atomic mass is 10.0. The van der Waals surface area contributed by atoms with Crippen molar-refractivity contribution in [3.63, 3.8) is 0 Å². The standard InChI is InChI=1S/C31H39NS/c1-10-25-17-26(11-2)19-28(18-25)33(9)20-30(24(8)16-29(21(3)4)22(5)6)32-31(33)27-14-12-23(7)13-15-27/h12-20H,3,10-11H2,1-2,4-9H3/b24-16+. The predicted octanol–water partition coefficient (Wildman–Crippen LogP) is 9.07. The van der Waals surface area contributed by atoms with Crippen molar-refractivity contribution in [2.75, 3.05) is 6.26 Å². The fourth-order valence-corrected chi connectivity index (χ4v) is 7.10. The molecule has 0 N–H and O–H groups in total. The Morgan fingerprint density at radius 1 is 0.939 bits per heavy atom. The summed E-state index contributed by atoms with van der Waals surface area (Å²) in [6, 6.07) is 16.0. The Labute approximate surface area is 203 Å². The minimum atomic E-state index is -1.42. The van der Waals surface area contributed by atoms with Gasteiger partial charge in [-0.3, -0.25) is 0 Å². The maximum absolute atomic E-state index is 5.29. The minimum Gasteiger partial charge on any atom is -0.242 e. The molecule has 0 fully saturated rings. The van der Waals surface area contributed by atoms with Crippen LogP contribution >= 0.6 is 10.0 Å². The summed E-state index contributed by atoms with van der Waals surface area (Å²) in [6.45, 7) is 19.4. The molecule has 0 aromatic heterocycles. The molecule has 2 aromatic carbocycles. The molecule has 1 nitrogen and oxygen atoms in total. The van der Waals surface area contributed by atoms with Crippen LogP contribution in [0, 0.1) is 6.92 Å². The SMILES string of the molecule is C=C(C)C(/C=C(\C)C1=CS(C)(c2cc(CC)cc(CC)c2)C(c2ccc(C)cc2)=N1)=C(C)C. The van der Waals surface area contributed by atoms with Gasteiger partial charge in [-0.05, 0) is 105 Å². The highest BCUT2D eigenvalue weighted by Crippen LogP contribution is 2.61. The minimum absolute atomic E-state index is 1.05. The van der Waals surface area contributed by atoms with Crippen LogP contribution in [-0.4, -0.2) is 11.3 Å². The Morgan fingerprint density at radius 2 is 1.52 bits per heavy atom. The van der Waals surface area contributed by atoms with Crippen LogP contribution in [0.1, 0.15) is 63.8 Å². The highest BCUT2D eigenvalue weighted by atomic mass is 32.3. The molecule has 0 aliphatic carbocycles. The Kier molecular flexibility index (Phi) is 7.69. The first-order chi connectivity index (χ1) is 15.6. The van der Waals surface area contributed by atoms with Gasteiger partial charge in [0.1, 0.15) is 0 Å². The van der Waals surface area contributed by atoms with Gasteiger partial charge in [0.25, 0.3) is 0 Å². The fraction of sp³-hybridized carbons (Fsp3) is 0.323. The molecule has 0 radical (unpaired) electrons.